The summed E-state index contributed by atoms with van der Waals surface area (Å²) in [6.07, 6.45) is 4.69. The Balaban J connectivity index is 2.28. The maximum atomic E-state index is 13.5. The van der Waals surface area contributed by atoms with E-state index in [9.17, 15) is 4.39 Å². The van der Waals surface area contributed by atoms with Crippen LogP contribution in [0.2, 0.25) is 0 Å². The summed E-state index contributed by atoms with van der Waals surface area (Å²) < 4.78 is 13.5. The van der Waals surface area contributed by atoms with E-state index in [0.717, 1.165) is 37.4 Å². The van der Waals surface area contributed by atoms with Crippen molar-refractivity contribution in [3.63, 3.8) is 0 Å². The molecule has 1 unspecified atom stereocenters. The van der Waals surface area contributed by atoms with Gasteiger partial charge in [-0.3, -0.25) is 0 Å². The number of nitrogens with two attached hydrogens (primary N) is 1. The Morgan fingerprint density at radius 1 is 1.26 bits per heavy atom. The fraction of sp³-hybridized carbons (Fsp3) is 0.625. The van der Waals surface area contributed by atoms with Crippen LogP contribution in [0.3, 0.4) is 0 Å². The first-order valence-electron chi connectivity index (χ1n) is 7.29. The second kappa shape index (κ2) is 9.05. The Hall–Kier alpha value is -0.930. The third-order valence-electron chi connectivity index (χ3n) is 3.70. The molecule has 2 nitrogen and oxygen atoms in total. The van der Waals surface area contributed by atoms with E-state index in [1.54, 1.807) is 6.07 Å². The first-order valence-corrected chi connectivity index (χ1v) is 7.29. The van der Waals surface area contributed by atoms with Crippen molar-refractivity contribution in [1.82, 2.24) is 4.90 Å². The average Bonchev–Trinajstić information content (AvgIpc) is 2.40. The van der Waals surface area contributed by atoms with Gasteiger partial charge in [0, 0.05) is 12.1 Å². The van der Waals surface area contributed by atoms with E-state index in [0.29, 0.717) is 6.54 Å². The van der Waals surface area contributed by atoms with Crippen molar-refractivity contribution in [2.24, 2.45) is 11.7 Å². The van der Waals surface area contributed by atoms with Crippen LogP contribution in [0.4, 0.5) is 4.39 Å². The number of rotatable bonds is 9. The second-order valence-electron chi connectivity index (χ2n) is 5.32. The van der Waals surface area contributed by atoms with Crippen molar-refractivity contribution in [3.05, 3.63) is 35.6 Å². The lowest BCUT2D eigenvalue weighted by atomic mass is 9.96. The molecule has 0 fully saturated rings. The molecule has 0 radical (unpaired) electrons. The molecule has 0 saturated carbocycles. The molecule has 1 atom stereocenters. The molecular weight excluding hydrogens is 239 g/mol. The summed E-state index contributed by atoms with van der Waals surface area (Å²) in [7, 11) is 2.05. The monoisotopic (exact) mass is 266 g/mol. The largest absolute Gasteiger partial charge is 0.330 e. The normalized spacial score (nSPS) is 12.9. The van der Waals surface area contributed by atoms with Gasteiger partial charge in [0.05, 0.1) is 0 Å². The van der Waals surface area contributed by atoms with Crippen LogP contribution in [0.1, 0.15) is 38.2 Å². The van der Waals surface area contributed by atoms with Crippen LogP contribution in [-0.4, -0.2) is 25.0 Å². The topological polar surface area (TPSA) is 29.3 Å². The first kappa shape index (κ1) is 16.1. The summed E-state index contributed by atoms with van der Waals surface area (Å²) in [6, 6.07) is 7.00. The Bertz CT molecular complexity index is 354. The van der Waals surface area contributed by atoms with Gasteiger partial charge in [-0.05, 0) is 51.4 Å². The van der Waals surface area contributed by atoms with Crippen molar-refractivity contribution < 1.29 is 4.39 Å². The maximum absolute atomic E-state index is 13.5. The Kier molecular flexibility index (Phi) is 7.68. The van der Waals surface area contributed by atoms with Crippen LogP contribution in [0.25, 0.3) is 0 Å². The number of hydrogen-bond acceptors (Lipinski definition) is 2. The molecule has 0 heterocycles. The standard InChI is InChI=1S/C16H27FN2/c1-3-14(10-11-18)7-6-12-19(2)13-15-8-4-5-9-16(15)17/h4-5,8-9,14H,3,6-7,10-13,18H2,1-2H3. The van der Waals surface area contributed by atoms with Crippen LogP contribution in [0.15, 0.2) is 24.3 Å². The fourth-order valence-corrected chi connectivity index (χ4v) is 2.43. The lowest BCUT2D eigenvalue weighted by Gasteiger charge is -2.19. The van der Waals surface area contributed by atoms with Gasteiger partial charge in [-0.25, -0.2) is 4.39 Å². The highest BCUT2D eigenvalue weighted by molar-refractivity contribution is 5.16. The summed E-state index contributed by atoms with van der Waals surface area (Å²) >= 11 is 0. The summed E-state index contributed by atoms with van der Waals surface area (Å²) in [4.78, 5) is 2.19. The molecule has 0 aliphatic heterocycles. The number of benzene rings is 1. The van der Waals surface area contributed by atoms with Gasteiger partial charge < -0.3 is 10.6 Å². The van der Waals surface area contributed by atoms with E-state index in [4.69, 9.17) is 5.73 Å². The molecule has 1 aromatic rings. The molecule has 3 heteroatoms. The zero-order valence-electron chi connectivity index (χ0n) is 12.2. The molecule has 0 spiro atoms. The fourth-order valence-electron chi connectivity index (χ4n) is 2.43. The van der Waals surface area contributed by atoms with E-state index in [2.05, 4.69) is 18.9 Å². The van der Waals surface area contributed by atoms with Gasteiger partial charge in [-0.15, -0.1) is 0 Å². The predicted octanol–water partition coefficient (Wildman–Crippen LogP) is 3.41. The minimum atomic E-state index is -0.107. The van der Waals surface area contributed by atoms with Gasteiger partial charge >= 0.3 is 0 Å². The Morgan fingerprint density at radius 2 is 2.00 bits per heavy atom. The molecule has 1 aromatic carbocycles. The van der Waals surface area contributed by atoms with Crippen molar-refractivity contribution in [2.75, 3.05) is 20.1 Å². The highest BCUT2D eigenvalue weighted by Crippen LogP contribution is 2.15. The number of hydrogen-bond donors (Lipinski definition) is 1. The Labute approximate surface area is 116 Å². The third-order valence-corrected chi connectivity index (χ3v) is 3.70. The molecule has 19 heavy (non-hydrogen) atoms. The molecule has 0 aliphatic carbocycles. The predicted molar refractivity (Wildman–Crippen MR) is 79.4 cm³/mol. The lowest BCUT2D eigenvalue weighted by molar-refractivity contribution is 0.296. The van der Waals surface area contributed by atoms with Gasteiger partial charge in [-0.1, -0.05) is 31.5 Å². The zero-order valence-corrected chi connectivity index (χ0v) is 12.2. The Morgan fingerprint density at radius 3 is 2.63 bits per heavy atom. The molecule has 108 valence electrons. The molecule has 0 amide bonds. The molecule has 1 rings (SSSR count). The van der Waals surface area contributed by atoms with E-state index < -0.39 is 0 Å². The molecule has 0 saturated heterocycles. The minimum Gasteiger partial charge on any atom is -0.330 e. The van der Waals surface area contributed by atoms with Crippen LogP contribution >= 0.6 is 0 Å². The summed E-state index contributed by atoms with van der Waals surface area (Å²) in [5, 5.41) is 0. The molecule has 0 aromatic heterocycles. The van der Waals surface area contributed by atoms with Crippen molar-refractivity contribution in [2.45, 2.75) is 39.2 Å². The van der Waals surface area contributed by atoms with Crippen LogP contribution in [0.5, 0.6) is 0 Å². The highest BCUT2D eigenvalue weighted by atomic mass is 19.1. The van der Waals surface area contributed by atoms with Gasteiger partial charge in [-0.2, -0.15) is 0 Å². The van der Waals surface area contributed by atoms with Crippen molar-refractivity contribution in [1.29, 1.82) is 0 Å². The van der Waals surface area contributed by atoms with E-state index in [1.165, 1.54) is 18.9 Å². The molecule has 0 bridgehead atoms. The summed E-state index contributed by atoms with van der Waals surface area (Å²) in [5.41, 5.74) is 6.38. The van der Waals surface area contributed by atoms with Gasteiger partial charge in [0.2, 0.25) is 0 Å². The molecule has 2 N–H and O–H groups in total. The van der Waals surface area contributed by atoms with E-state index in [1.807, 2.05) is 12.1 Å². The van der Waals surface area contributed by atoms with Gasteiger partial charge in [0.15, 0.2) is 0 Å². The summed E-state index contributed by atoms with van der Waals surface area (Å²) in [5.74, 6) is 0.635. The summed E-state index contributed by atoms with van der Waals surface area (Å²) in [6.45, 7) is 4.70. The average molecular weight is 266 g/mol. The quantitative estimate of drug-likeness (QED) is 0.742. The SMILES string of the molecule is CCC(CCN)CCCN(C)Cc1ccccc1F. The van der Waals surface area contributed by atoms with E-state index in [-0.39, 0.29) is 5.82 Å². The van der Waals surface area contributed by atoms with E-state index >= 15 is 0 Å². The van der Waals surface area contributed by atoms with Crippen molar-refractivity contribution in [3.8, 4) is 0 Å². The highest BCUT2D eigenvalue weighted by Gasteiger charge is 2.08. The molecular formula is C16H27FN2. The first-order chi connectivity index (χ1) is 9.17. The minimum absolute atomic E-state index is 0.107. The zero-order chi connectivity index (χ0) is 14.1. The van der Waals surface area contributed by atoms with Crippen LogP contribution < -0.4 is 5.73 Å². The number of nitrogens with zero attached hydrogens (tertiary/aromatic N) is 1. The second-order valence-corrected chi connectivity index (χ2v) is 5.32. The maximum Gasteiger partial charge on any atom is 0.127 e. The third kappa shape index (κ3) is 6.17. The van der Waals surface area contributed by atoms with Gasteiger partial charge in [0.25, 0.3) is 0 Å². The van der Waals surface area contributed by atoms with Gasteiger partial charge in [0.1, 0.15) is 5.82 Å². The van der Waals surface area contributed by atoms with Crippen LogP contribution in [-0.2, 0) is 6.54 Å². The lowest BCUT2D eigenvalue weighted by Crippen LogP contribution is -2.20. The number of halogens is 1. The van der Waals surface area contributed by atoms with Crippen LogP contribution in [0, 0.1) is 11.7 Å². The molecule has 0 aliphatic rings. The van der Waals surface area contributed by atoms with Crippen molar-refractivity contribution >= 4 is 0 Å². The smallest absolute Gasteiger partial charge is 0.127 e.